The first-order valence-electron chi connectivity index (χ1n) is 11.8. The number of amides is 7. The lowest BCUT2D eigenvalue weighted by Crippen LogP contribution is -2.57. The van der Waals surface area contributed by atoms with Gasteiger partial charge in [0.1, 0.15) is 18.1 Å². The number of nitrogens with one attached hydrogen (secondary N) is 3. The molecule has 0 aliphatic heterocycles. The number of rotatable bonds is 16. The van der Waals surface area contributed by atoms with E-state index in [1.807, 2.05) is 0 Å². The fraction of sp³-hybridized carbons (Fsp3) is 0.458. The molecule has 7 amide bonds. The summed E-state index contributed by atoms with van der Waals surface area (Å²) >= 11 is 0. The van der Waals surface area contributed by atoms with Crippen LogP contribution in [0.1, 0.15) is 38.2 Å². The molecule has 14 heteroatoms. The van der Waals surface area contributed by atoms with E-state index in [1.54, 1.807) is 30.3 Å². The number of primary amides is 3. The summed E-state index contributed by atoms with van der Waals surface area (Å²) in [6.45, 7) is 0.782. The predicted octanol–water partition coefficient (Wildman–Crippen LogP) is -2.82. The molecule has 0 bridgehead atoms. The van der Waals surface area contributed by atoms with Gasteiger partial charge in [-0.2, -0.15) is 0 Å². The number of hydrogen-bond donors (Lipinski definition) is 6. The van der Waals surface area contributed by atoms with E-state index < -0.39 is 59.5 Å². The summed E-state index contributed by atoms with van der Waals surface area (Å²) in [5, 5.41) is 7.40. The van der Waals surface area contributed by atoms with E-state index in [9.17, 15) is 33.6 Å². The van der Waals surface area contributed by atoms with Crippen molar-refractivity contribution in [3.8, 4) is 0 Å². The van der Waals surface area contributed by atoms with Crippen LogP contribution in [-0.4, -0.2) is 78.0 Å². The van der Waals surface area contributed by atoms with Crippen molar-refractivity contribution in [2.75, 3.05) is 13.6 Å². The van der Waals surface area contributed by atoms with Crippen LogP contribution in [0.4, 0.5) is 0 Å². The van der Waals surface area contributed by atoms with Crippen molar-refractivity contribution >= 4 is 41.4 Å². The quantitative estimate of drug-likeness (QED) is 0.130. The number of hydrogen-bond acceptors (Lipinski definition) is 7. The van der Waals surface area contributed by atoms with Crippen molar-refractivity contribution in [3.05, 3.63) is 35.9 Å². The minimum atomic E-state index is -1.33. The molecule has 0 aromatic heterocycles. The summed E-state index contributed by atoms with van der Waals surface area (Å²) in [5.74, 6) is -4.96. The van der Waals surface area contributed by atoms with E-state index in [0.29, 0.717) is 5.56 Å². The Morgan fingerprint density at radius 1 is 0.737 bits per heavy atom. The number of carbonyl (C=O) groups excluding carboxylic acids is 7. The first-order valence-corrected chi connectivity index (χ1v) is 11.8. The zero-order valence-corrected chi connectivity index (χ0v) is 21.4. The minimum absolute atomic E-state index is 0.0537. The van der Waals surface area contributed by atoms with Gasteiger partial charge >= 0.3 is 0 Å². The molecule has 1 aromatic carbocycles. The summed E-state index contributed by atoms with van der Waals surface area (Å²) in [5.41, 5.74) is 16.3. The maximum atomic E-state index is 13.3. The van der Waals surface area contributed by atoms with E-state index in [0.717, 1.165) is 4.90 Å². The van der Waals surface area contributed by atoms with Crippen LogP contribution in [0.15, 0.2) is 30.3 Å². The summed E-state index contributed by atoms with van der Waals surface area (Å²) in [6.07, 6.45) is -0.769. The highest BCUT2D eigenvalue weighted by Gasteiger charge is 2.31. The zero-order chi connectivity index (χ0) is 28.8. The standard InChI is InChI=1S/C24H35N7O7/c1-14(32)28-16(8-10-19(25)33)22(36)29-17(9-11-20(26)34)23(37)30-18(12-15-6-4-3-5-7-15)24(38)31(2)13-21(27)35/h3-7,16-18H,8-13H2,1-2H3,(H2,25,33)(H2,26,34)(H2,27,35)(H,28,32)(H,29,36)(H,30,37)/t16-,17-,18-/m0/s1. The highest BCUT2D eigenvalue weighted by molar-refractivity contribution is 5.95. The first-order chi connectivity index (χ1) is 17.8. The van der Waals surface area contributed by atoms with Crippen molar-refractivity contribution in [3.63, 3.8) is 0 Å². The summed E-state index contributed by atoms with van der Waals surface area (Å²) in [4.78, 5) is 85.7. The predicted molar refractivity (Wildman–Crippen MR) is 135 cm³/mol. The third kappa shape index (κ3) is 12.0. The van der Waals surface area contributed by atoms with Gasteiger partial charge in [0.05, 0.1) is 6.54 Å². The number of nitrogens with two attached hydrogens (primary N) is 3. The fourth-order valence-corrected chi connectivity index (χ4v) is 3.53. The molecule has 0 radical (unpaired) electrons. The van der Waals surface area contributed by atoms with Crippen LogP contribution in [-0.2, 0) is 40.0 Å². The smallest absolute Gasteiger partial charge is 0.245 e. The summed E-state index contributed by atoms with van der Waals surface area (Å²) < 4.78 is 0. The molecule has 14 nitrogen and oxygen atoms in total. The highest BCUT2D eigenvalue weighted by Crippen LogP contribution is 2.08. The lowest BCUT2D eigenvalue weighted by molar-refractivity contribution is -0.138. The van der Waals surface area contributed by atoms with Gasteiger partial charge in [-0.1, -0.05) is 30.3 Å². The Morgan fingerprint density at radius 2 is 1.21 bits per heavy atom. The van der Waals surface area contributed by atoms with Crippen molar-refractivity contribution in [2.45, 2.75) is 57.2 Å². The lowest BCUT2D eigenvalue weighted by Gasteiger charge is -2.27. The maximum Gasteiger partial charge on any atom is 0.245 e. The number of carbonyl (C=O) groups is 7. The second-order valence-electron chi connectivity index (χ2n) is 8.74. The fourth-order valence-electron chi connectivity index (χ4n) is 3.53. The van der Waals surface area contributed by atoms with Gasteiger partial charge in [0.15, 0.2) is 0 Å². The van der Waals surface area contributed by atoms with Gasteiger partial charge in [0.25, 0.3) is 0 Å². The van der Waals surface area contributed by atoms with Crippen molar-refractivity contribution < 1.29 is 33.6 Å². The third-order valence-corrected chi connectivity index (χ3v) is 5.35. The lowest BCUT2D eigenvalue weighted by atomic mass is 10.0. The molecular weight excluding hydrogens is 498 g/mol. The second-order valence-corrected chi connectivity index (χ2v) is 8.74. The van der Waals surface area contributed by atoms with Crippen LogP contribution in [0.25, 0.3) is 0 Å². The molecule has 0 fully saturated rings. The largest absolute Gasteiger partial charge is 0.370 e. The van der Waals surface area contributed by atoms with Crippen LogP contribution < -0.4 is 33.2 Å². The monoisotopic (exact) mass is 533 g/mol. The molecule has 0 aliphatic carbocycles. The normalized spacial score (nSPS) is 12.8. The Morgan fingerprint density at radius 3 is 1.66 bits per heavy atom. The molecule has 0 saturated carbocycles. The summed E-state index contributed by atoms with van der Waals surface area (Å²) in [7, 11) is 1.35. The van der Waals surface area contributed by atoms with Crippen LogP contribution in [0.3, 0.4) is 0 Å². The minimum Gasteiger partial charge on any atom is -0.370 e. The second kappa shape index (κ2) is 15.6. The third-order valence-electron chi connectivity index (χ3n) is 5.35. The van der Waals surface area contributed by atoms with Crippen LogP contribution >= 0.6 is 0 Å². The SMILES string of the molecule is CC(=O)N[C@@H](CCC(N)=O)C(=O)N[C@@H](CCC(N)=O)C(=O)N[C@@H](Cc1ccccc1)C(=O)N(C)CC(N)=O. The Labute approximate surface area is 220 Å². The zero-order valence-electron chi connectivity index (χ0n) is 21.4. The number of nitrogens with zero attached hydrogens (tertiary/aromatic N) is 1. The first kappa shape index (κ1) is 31.5. The molecule has 0 saturated heterocycles. The van der Waals surface area contributed by atoms with Crippen molar-refractivity contribution in [1.82, 2.24) is 20.9 Å². The Kier molecular flexibility index (Phi) is 12.9. The molecule has 0 aliphatic rings. The Hall–Kier alpha value is -4.49. The molecule has 0 heterocycles. The van der Waals surface area contributed by atoms with Crippen LogP contribution in [0, 0.1) is 0 Å². The number of benzene rings is 1. The topological polar surface area (TPSA) is 237 Å². The number of likely N-dealkylation sites (N-methyl/N-ethyl adjacent to an activating group) is 1. The van der Waals surface area contributed by atoms with Gasteiger partial charge in [-0.15, -0.1) is 0 Å². The summed E-state index contributed by atoms with van der Waals surface area (Å²) in [6, 6.07) is 5.08. The van der Waals surface area contributed by atoms with Gasteiger partial charge in [0.2, 0.25) is 41.4 Å². The van der Waals surface area contributed by atoms with Crippen LogP contribution in [0.2, 0.25) is 0 Å². The van der Waals surface area contributed by atoms with Crippen molar-refractivity contribution in [1.29, 1.82) is 0 Å². The molecule has 9 N–H and O–H groups in total. The molecule has 208 valence electrons. The van der Waals surface area contributed by atoms with Gasteiger partial charge in [0, 0.05) is 33.2 Å². The maximum absolute atomic E-state index is 13.3. The Balaban J connectivity index is 3.17. The highest BCUT2D eigenvalue weighted by atomic mass is 16.2. The average Bonchev–Trinajstić information content (AvgIpc) is 2.82. The van der Waals surface area contributed by atoms with Crippen molar-refractivity contribution in [2.24, 2.45) is 17.2 Å². The molecule has 0 unspecified atom stereocenters. The van der Waals surface area contributed by atoms with E-state index in [2.05, 4.69) is 16.0 Å². The van der Waals surface area contributed by atoms with Crippen LogP contribution in [0.5, 0.6) is 0 Å². The average molecular weight is 534 g/mol. The Bertz CT molecular complexity index is 1030. The van der Waals surface area contributed by atoms with Gasteiger partial charge < -0.3 is 38.1 Å². The van der Waals surface area contributed by atoms with Gasteiger partial charge in [-0.05, 0) is 18.4 Å². The van der Waals surface area contributed by atoms with E-state index in [1.165, 1.54) is 14.0 Å². The molecule has 0 spiro atoms. The molecule has 1 aromatic rings. The molecular formula is C24H35N7O7. The van der Waals surface area contributed by atoms with E-state index >= 15 is 0 Å². The van der Waals surface area contributed by atoms with Gasteiger partial charge in [-0.3, -0.25) is 33.6 Å². The van der Waals surface area contributed by atoms with E-state index in [-0.39, 0.29) is 38.6 Å². The van der Waals surface area contributed by atoms with E-state index in [4.69, 9.17) is 17.2 Å². The molecule has 38 heavy (non-hydrogen) atoms. The molecule has 1 rings (SSSR count). The molecule has 3 atom stereocenters. The van der Waals surface area contributed by atoms with Gasteiger partial charge in [-0.25, -0.2) is 0 Å².